The van der Waals surface area contributed by atoms with Gasteiger partial charge in [-0.2, -0.15) is 0 Å². The number of ether oxygens (including phenoxy) is 2. The maximum atomic E-state index is 13.7. The topological polar surface area (TPSA) is 108 Å². The van der Waals surface area contributed by atoms with Crippen molar-refractivity contribution in [1.29, 1.82) is 0 Å². The summed E-state index contributed by atoms with van der Waals surface area (Å²) in [7, 11) is 0. The fraction of sp³-hybridized carbons (Fsp3) is 0.296. The third kappa shape index (κ3) is 5.17. The Morgan fingerprint density at radius 3 is 2.39 bits per heavy atom. The number of aromatic nitrogens is 4. The molecule has 9 nitrogen and oxygen atoms in total. The van der Waals surface area contributed by atoms with Crippen molar-refractivity contribution in [2.24, 2.45) is 5.92 Å². The summed E-state index contributed by atoms with van der Waals surface area (Å²) in [6.07, 6.45) is 3.08. The molecule has 1 aliphatic rings. The molecule has 2 aromatic carbocycles. The molecule has 0 unspecified atom stereocenters. The first-order valence-corrected chi connectivity index (χ1v) is 11.9. The number of nitrogens with one attached hydrogen (secondary N) is 1. The molecule has 4 aromatic rings. The van der Waals surface area contributed by atoms with E-state index in [2.05, 4.69) is 20.3 Å². The number of amides is 1. The Bertz CT molecular complexity index is 1340. The summed E-state index contributed by atoms with van der Waals surface area (Å²) in [5.74, 6) is -0.362. The minimum absolute atomic E-state index is 0.0140. The number of imidazole rings is 1. The number of carbonyl (C=O) groups excluding carboxylic acids is 2. The molecule has 2 heterocycles. The predicted octanol–water partition coefficient (Wildman–Crippen LogP) is 3.72. The maximum absolute atomic E-state index is 13.7. The van der Waals surface area contributed by atoms with Crippen molar-refractivity contribution in [2.45, 2.75) is 38.7 Å². The van der Waals surface area contributed by atoms with Gasteiger partial charge in [0.2, 0.25) is 5.91 Å². The van der Waals surface area contributed by atoms with E-state index in [9.17, 15) is 9.59 Å². The van der Waals surface area contributed by atoms with Gasteiger partial charge in [-0.3, -0.25) is 9.59 Å². The van der Waals surface area contributed by atoms with Crippen LogP contribution in [0.3, 0.4) is 0 Å². The molecule has 1 fully saturated rings. The summed E-state index contributed by atoms with van der Waals surface area (Å²) in [5, 5.41) is 2.67. The zero-order valence-corrected chi connectivity index (χ0v) is 19.9. The van der Waals surface area contributed by atoms with Crippen LogP contribution in [0.25, 0.3) is 11.2 Å². The van der Waals surface area contributed by atoms with Crippen LogP contribution in [0, 0.1) is 5.92 Å². The summed E-state index contributed by atoms with van der Waals surface area (Å²) in [6.45, 7) is 2.48. The molecule has 2 aromatic heterocycles. The Morgan fingerprint density at radius 2 is 1.69 bits per heavy atom. The lowest BCUT2D eigenvalue weighted by molar-refractivity contribution is -0.128. The second-order valence-corrected chi connectivity index (χ2v) is 8.82. The number of hydrogen-bond donors (Lipinski definition) is 1. The highest BCUT2D eigenvalue weighted by atomic mass is 16.5. The van der Waals surface area contributed by atoms with Crippen molar-refractivity contribution in [3.05, 3.63) is 84.4 Å². The summed E-state index contributed by atoms with van der Waals surface area (Å²) < 4.78 is 14.0. The first-order chi connectivity index (χ1) is 17.6. The van der Waals surface area contributed by atoms with Crippen molar-refractivity contribution in [3.8, 4) is 0 Å². The van der Waals surface area contributed by atoms with Gasteiger partial charge in [0.05, 0.1) is 44.2 Å². The molecule has 1 aliphatic carbocycles. The second kappa shape index (κ2) is 10.8. The maximum Gasteiger partial charge on any atom is 0.222 e. The Kier molecular flexibility index (Phi) is 7.11. The molecule has 36 heavy (non-hydrogen) atoms. The molecule has 184 valence electrons. The van der Waals surface area contributed by atoms with Gasteiger partial charge < -0.3 is 19.4 Å². The van der Waals surface area contributed by atoms with E-state index in [1.807, 2.05) is 60.7 Å². The van der Waals surface area contributed by atoms with Gasteiger partial charge in [-0.05, 0) is 11.1 Å². The fourth-order valence-corrected chi connectivity index (χ4v) is 4.55. The van der Waals surface area contributed by atoms with Gasteiger partial charge in [-0.1, -0.05) is 60.7 Å². The first kappa shape index (κ1) is 23.8. The molecule has 9 heteroatoms. The molecule has 5 rings (SSSR count). The standard InChI is InChI=1S/C27H27N5O4/c1-18(33)31-26-24-27(29-16-28-26)32(17-30-24)22-12-23(36-14-20-10-6-3-7-11-20)21(25(22)34)15-35-13-19-8-4-2-5-9-19/h2-11,16-17,21-23H,12-15H2,1H3,(H,28,29,31,33)/t21-,22+,23+/m1/s1. The summed E-state index contributed by atoms with van der Waals surface area (Å²) >= 11 is 0. The summed E-state index contributed by atoms with van der Waals surface area (Å²) in [6, 6.07) is 19.2. The Labute approximate surface area is 208 Å². The second-order valence-electron chi connectivity index (χ2n) is 8.82. The van der Waals surface area contributed by atoms with Gasteiger partial charge in [-0.25, -0.2) is 15.0 Å². The van der Waals surface area contributed by atoms with Crippen molar-refractivity contribution in [2.75, 3.05) is 11.9 Å². The number of hydrogen-bond acceptors (Lipinski definition) is 7. The van der Waals surface area contributed by atoms with Crippen LogP contribution in [0.4, 0.5) is 5.82 Å². The van der Waals surface area contributed by atoms with E-state index >= 15 is 0 Å². The molecular formula is C27H27N5O4. The molecule has 0 spiro atoms. The van der Waals surface area contributed by atoms with Gasteiger partial charge in [0, 0.05) is 13.3 Å². The number of nitrogens with zero attached hydrogens (tertiary/aromatic N) is 4. The zero-order valence-electron chi connectivity index (χ0n) is 19.9. The molecule has 1 N–H and O–H groups in total. The Balaban J connectivity index is 1.37. The third-order valence-corrected chi connectivity index (χ3v) is 6.30. The van der Waals surface area contributed by atoms with Gasteiger partial charge in [0.25, 0.3) is 0 Å². The largest absolute Gasteiger partial charge is 0.376 e. The van der Waals surface area contributed by atoms with E-state index in [0.717, 1.165) is 11.1 Å². The molecule has 1 amide bonds. The van der Waals surface area contributed by atoms with Crippen LogP contribution in [-0.4, -0.2) is 43.9 Å². The number of fused-ring (bicyclic) bond motifs is 1. The lowest BCUT2D eigenvalue weighted by Crippen LogP contribution is -2.28. The molecule has 0 aliphatic heterocycles. The van der Waals surface area contributed by atoms with Crippen molar-refractivity contribution in [1.82, 2.24) is 19.5 Å². The molecule has 0 bridgehead atoms. The highest BCUT2D eigenvalue weighted by Gasteiger charge is 2.44. The monoisotopic (exact) mass is 485 g/mol. The average Bonchev–Trinajstić information content (AvgIpc) is 3.45. The smallest absolute Gasteiger partial charge is 0.222 e. The number of ketones is 1. The lowest BCUT2D eigenvalue weighted by atomic mass is 10.1. The van der Waals surface area contributed by atoms with Crippen LogP contribution in [0.5, 0.6) is 0 Å². The number of anilines is 1. The van der Waals surface area contributed by atoms with Gasteiger partial charge in [-0.15, -0.1) is 0 Å². The van der Waals surface area contributed by atoms with E-state index in [1.54, 1.807) is 10.9 Å². The van der Waals surface area contributed by atoms with Crippen molar-refractivity contribution < 1.29 is 19.1 Å². The number of rotatable bonds is 9. The van der Waals surface area contributed by atoms with Gasteiger partial charge >= 0.3 is 0 Å². The normalized spacial score (nSPS) is 19.6. The van der Waals surface area contributed by atoms with Crippen LogP contribution < -0.4 is 5.32 Å². The van der Waals surface area contributed by atoms with Crippen LogP contribution in [0.2, 0.25) is 0 Å². The first-order valence-electron chi connectivity index (χ1n) is 11.9. The van der Waals surface area contributed by atoms with E-state index in [4.69, 9.17) is 9.47 Å². The van der Waals surface area contributed by atoms with E-state index in [-0.39, 0.29) is 24.4 Å². The van der Waals surface area contributed by atoms with Crippen LogP contribution in [0.15, 0.2) is 73.3 Å². The molecule has 0 saturated heterocycles. The lowest BCUT2D eigenvalue weighted by Gasteiger charge is -2.19. The Morgan fingerprint density at radius 1 is 1.00 bits per heavy atom. The highest BCUT2D eigenvalue weighted by Crippen LogP contribution is 2.36. The highest BCUT2D eigenvalue weighted by molar-refractivity contribution is 5.96. The SMILES string of the molecule is CC(=O)Nc1ncnc2c1ncn2[C@H]1C[C@H](OCc2ccccc2)[C@@H](COCc2ccccc2)C1=O. The number of carbonyl (C=O) groups is 2. The summed E-state index contributed by atoms with van der Waals surface area (Å²) in [5.41, 5.74) is 3.01. The van der Waals surface area contributed by atoms with Gasteiger partial charge in [0.1, 0.15) is 6.33 Å². The van der Waals surface area contributed by atoms with Crippen LogP contribution in [0.1, 0.15) is 30.5 Å². The van der Waals surface area contributed by atoms with E-state index in [1.165, 1.54) is 13.3 Å². The minimum Gasteiger partial charge on any atom is -0.376 e. The van der Waals surface area contributed by atoms with Gasteiger partial charge in [0.15, 0.2) is 22.8 Å². The number of Topliss-reactive ketones (excluding diaryl/α,β-unsaturated/α-hetero) is 1. The van der Waals surface area contributed by atoms with Crippen molar-refractivity contribution >= 4 is 28.7 Å². The molecule has 3 atom stereocenters. The van der Waals surface area contributed by atoms with Crippen LogP contribution in [-0.2, 0) is 32.3 Å². The minimum atomic E-state index is -0.513. The van der Waals surface area contributed by atoms with Crippen molar-refractivity contribution in [3.63, 3.8) is 0 Å². The molecule has 1 saturated carbocycles. The van der Waals surface area contributed by atoms with E-state index in [0.29, 0.717) is 36.6 Å². The summed E-state index contributed by atoms with van der Waals surface area (Å²) in [4.78, 5) is 38.1. The molecule has 0 radical (unpaired) electrons. The molecular weight excluding hydrogens is 458 g/mol. The fourth-order valence-electron chi connectivity index (χ4n) is 4.55. The average molecular weight is 486 g/mol. The Hall–Kier alpha value is -3.95. The van der Waals surface area contributed by atoms with E-state index < -0.39 is 12.0 Å². The number of benzene rings is 2. The quantitative estimate of drug-likeness (QED) is 0.385. The third-order valence-electron chi connectivity index (χ3n) is 6.30. The predicted molar refractivity (Wildman–Crippen MR) is 133 cm³/mol. The zero-order chi connectivity index (χ0) is 24.9. The van der Waals surface area contributed by atoms with Crippen LogP contribution >= 0.6 is 0 Å².